The summed E-state index contributed by atoms with van der Waals surface area (Å²) in [5, 5.41) is 0. The minimum absolute atomic E-state index is 0.778. The van der Waals surface area contributed by atoms with E-state index in [4.69, 9.17) is 16.0 Å². The molecule has 0 aromatic heterocycles. The van der Waals surface area contributed by atoms with E-state index in [9.17, 15) is 0 Å². The molecule has 0 rings (SSSR count). The quantitative estimate of drug-likeness (QED) is 0.583. The third-order valence-corrected chi connectivity index (χ3v) is 3.32. The molecule has 0 amide bonds. The normalized spacial score (nSPS) is 12.9. The number of rotatable bonds is 3. The summed E-state index contributed by atoms with van der Waals surface area (Å²) in [6.45, 7) is 6.99. The predicted octanol–water partition coefficient (Wildman–Crippen LogP) is 2.52. The van der Waals surface area contributed by atoms with E-state index in [1.807, 2.05) is 12.6 Å². The van der Waals surface area contributed by atoms with E-state index in [1.165, 1.54) is 0 Å². The summed E-state index contributed by atoms with van der Waals surface area (Å²) in [7, 11) is -1.52. The van der Waals surface area contributed by atoms with Crippen LogP contribution in [-0.2, 0) is 4.43 Å². The summed E-state index contributed by atoms with van der Waals surface area (Å²) in [5.41, 5.74) is 3.50. The predicted molar refractivity (Wildman–Crippen MR) is 44.1 cm³/mol. The lowest BCUT2D eigenvalue weighted by atomic mass is 10.9. The zero-order valence-corrected chi connectivity index (χ0v) is 7.90. The molecule has 0 spiro atoms. The molecule has 0 aromatic rings. The standard InChI is InChI=1S/C6H13ClOSi/c1-4-8-9(2,3)6-5-7/h5-6H,4H2,1-3H3. The Morgan fingerprint density at radius 2 is 2.11 bits per heavy atom. The highest BCUT2D eigenvalue weighted by molar-refractivity contribution is 6.76. The summed E-state index contributed by atoms with van der Waals surface area (Å²) < 4.78 is 5.44. The lowest BCUT2D eigenvalue weighted by Gasteiger charge is -2.15. The van der Waals surface area contributed by atoms with Gasteiger partial charge in [-0.05, 0) is 25.6 Å². The average molecular weight is 165 g/mol. The lowest BCUT2D eigenvalue weighted by Crippen LogP contribution is -2.27. The van der Waals surface area contributed by atoms with Crippen LogP contribution in [0.4, 0.5) is 0 Å². The van der Waals surface area contributed by atoms with Crippen molar-refractivity contribution in [2.45, 2.75) is 20.0 Å². The van der Waals surface area contributed by atoms with Gasteiger partial charge in [-0.15, -0.1) is 0 Å². The van der Waals surface area contributed by atoms with Crippen molar-refractivity contribution in [1.29, 1.82) is 0 Å². The molecule has 1 nitrogen and oxygen atoms in total. The van der Waals surface area contributed by atoms with Crippen molar-refractivity contribution in [3.63, 3.8) is 0 Å². The van der Waals surface area contributed by atoms with Gasteiger partial charge in [0.25, 0.3) is 0 Å². The van der Waals surface area contributed by atoms with Gasteiger partial charge in [-0.3, -0.25) is 0 Å². The van der Waals surface area contributed by atoms with Crippen LogP contribution in [-0.4, -0.2) is 14.9 Å². The van der Waals surface area contributed by atoms with Gasteiger partial charge in [0.1, 0.15) is 0 Å². The zero-order chi connectivity index (χ0) is 7.33. The highest BCUT2D eigenvalue weighted by Gasteiger charge is 2.16. The first kappa shape index (κ1) is 9.21. The lowest BCUT2D eigenvalue weighted by molar-refractivity contribution is 0.338. The van der Waals surface area contributed by atoms with Crippen molar-refractivity contribution < 1.29 is 4.43 Å². The second kappa shape index (κ2) is 4.09. The maximum atomic E-state index is 5.44. The number of hydrogen-bond acceptors (Lipinski definition) is 1. The molecule has 0 aromatic carbocycles. The second-order valence-corrected chi connectivity index (χ2v) is 6.41. The Balaban J connectivity index is 3.70. The van der Waals surface area contributed by atoms with Gasteiger partial charge < -0.3 is 4.43 Å². The first-order chi connectivity index (χ1) is 4.12. The molecular formula is C6H13ClOSi. The van der Waals surface area contributed by atoms with Crippen LogP contribution in [0, 0.1) is 0 Å². The second-order valence-electron chi connectivity index (χ2n) is 2.33. The minimum atomic E-state index is -1.52. The van der Waals surface area contributed by atoms with Crippen molar-refractivity contribution in [3.05, 3.63) is 11.2 Å². The van der Waals surface area contributed by atoms with Crippen molar-refractivity contribution in [1.82, 2.24) is 0 Å². The Morgan fingerprint density at radius 1 is 1.56 bits per heavy atom. The number of hydrogen-bond donors (Lipinski definition) is 0. The Kier molecular flexibility index (Phi) is 4.19. The van der Waals surface area contributed by atoms with Crippen LogP contribution in [0.5, 0.6) is 0 Å². The van der Waals surface area contributed by atoms with Crippen LogP contribution in [0.3, 0.4) is 0 Å². The third-order valence-electron chi connectivity index (χ3n) is 0.981. The van der Waals surface area contributed by atoms with E-state index in [0.717, 1.165) is 6.61 Å². The van der Waals surface area contributed by atoms with Gasteiger partial charge in [-0.1, -0.05) is 17.3 Å². The van der Waals surface area contributed by atoms with Gasteiger partial charge in [0.15, 0.2) is 0 Å². The molecular weight excluding hydrogens is 152 g/mol. The van der Waals surface area contributed by atoms with Crippen LogP contribution in [0.1, 0.15) is 6.92 Å². The van der Waals surface area contributed by atoms with Crippen molar-refractivity contribution in [3.8, 4) is 0 Å². The molecule has 0 aliphatic heterocycles. The molecule has 0 aliphatic rings. The minimum Gasteiger partial charge on any atom is -0.414 e. The highest BCUT2D eigenvalue weighted by atomic mass is 35.5. The van der Waals surface area contributed by atoms with E-state index in [-0.39, 0.29) is 0 Å². The van der Waals surface area contributed by atoms with Crippen LogP contribution in [0.2, 0.25) is 13.1 Å². The van der Waals surface area contributed by atoms with Gasteiger partial charge in [0.2, 0.25) is 8.32 Å². The molecule has 0 unspecified atom stereocenters. The van der Waals surface area contributed by atoms with Crippen molar-refractivity contribution >= 4 is 19.9 Å². The summed E-state index contributed by atoms with van der Waals surface area (Å²) >= 11 is 5.40. The largest absolute Gasteiger partial charge is 0.414 e. The molecule has 0 saturated heterocycles. The maximum absolute atomic E-state index is 5.44. The molecule has 0 saturated carbocycles. The Hall–Kier alpha value is 0.207. The van der Waals surface area contributed by atoms with Gasteiger partial charge in [0, 0.05) is 6.61 Å². The molecule has 0 bridgehead atoms. The monoisotopic (exact) mass is 164 g/mol. The molecule has 3 heteroatoms. The Bertz CT molecular complexity index is 101. The van der Waals surface area contributed by atoms with E-state index >= 15 is 0 Å². The summed E-state index contributed by atoms with van der Waals surface area (Å²) in [6.07, 6.45) is 0. The molecule has 54 valence electrons. The molecule has 0 heterocycles. The topological polar surface area (TPSA) is 9.23 Å². The fraction of sp³-hybridized carbons (Fsp3) is 0.667. The molecule has 0 N–H and O–H groups in total. The van der Waals surface area contributed by atoms with Gasteiger partial charge in [-0.2, -0.15) is 0 Å². The third kappa shape index (κ3) is 4.69. The van der Waals surface area contributed by atoms with Crippen LogP contribution in [0.15, 0.2) is 11.2 Å². The SMILES string of the molecule is CCO[Si](C)(C)C=CCl. The first-order valence-electron chi connectivity index (χ1n) is 3.04. The van der Waals surface area contributed by atoms with Crippen LogP contribution in [0.25, 0.3) is 0 Å². The number of halogens is 1. The Morgan fingerprint density at radius 3 is 2.44 bits per heavy atom. The van der Waals surface area contributed by atoms with Crippen LogP contribution >= 0.6 is 11.6 Å². The van der Waals surface area contributed by atoms with Crippen molar-refractivity contribution in [2.75, 3.05) is 6.61 Å². The first-order valence-corrected chi connectivity index (χ1v) is 6.46. The Labute approximate surface area is 62.8 Å². The van der Waals surface area contributed by atoms with Gasteiger partial charge >= 0.3 is 0 Å². The van der Waals surface area contributed by atoms with Crippen LogP contribution < -0.4 is 0 Å². The van der Waals surface area contributed by atoms with Crippen molar-refractivity contribution in [2.24, 2.45) is 0 Å². The fourth-order valence-corrected chi connectivity index (χ4v) is 2.63. The molecule has 0 radical (unpaired) electrons. The van der Waals surface area contributed by atoms with Gasteiger partial charge in [-0.25, -0.2) is 0 Å². The van der Waals surface area contributed by atoms with E-state index in [1.54, 1.807) is 5.54 Å². The smallest absolute Gasteiger partial charge is 0.211 e. The molecule has 0 aliphatic carbocycles. The fourth-order valence-electron chi connectivity index (χ4n) is 0.572. The summed E-state index contributed by atoms with van der Waals surface area (Å²) in [6, 6.07) is 0. The van der Waals surface area contributed by atoms with Gasteiger partial charge in [0.05, 0.1) is 0 Å². The zero-order valence-electron chi connectivity index (χ0n) is 6.15. The molecule has 0 fully saturated rings. The summed E-state index contributed by atoms with van der Waals surface area (Å²) in [5.74, 6) is 0. The molecule has 0 atom stereocenters. The highest BCUT2D eigenvalue weighted by Crippen LogP contribution is 2.05. The maximum Gasteiger partial charge on any atom is 0.211 e. The molecule has 9 heavy (non-hydrogen) atoms. The van der Waals surface area contributed by atoms with E-state index in [2.05, 4.69) is 13.1 Å². The average Bonchev–Trinajstić information content (AvgIpc) is 1.64. The van der Waals surface area contributed by atoms with E-state index in [0.29, 0.717) is 0 Å². The summed E-state index contributed by atoms with van der Waals surface area (Å²) in [4.78, 5) is 0. The van der Waals surface area contributed by atoms with E-state index < -0.39 is 8.32 Å².